The van der Waals surface area contributed by atoms with Crippen LogP contribution in [0.3, 0.4) is 0 Å². The number of halogens is 3. The van der Waals surface area contributed by atoms with Crippen molar-refractivity contribution in [2.45, 2.75) is 3.79 Å². The second-order valence-corrected chi connectivity index (χ2v) is 5.09. The normalized spacial score (nSPS) is 10.8. The summed E-state index contributed by atoms with van der Waals surface area (Å²) >= 11 is 16.1. The molecule has 1 aromatic carbocycles. The molecule has 88 valence electrons. The minimum atomic E-state index is -1.99. The summed E-state index contributed by atoms with van der Waals surface area (Å²) in [5.74, 6) is -0.0495. The standard InChI is InChI=1S/C9H9Cl3N2O2/c1-16-7-4-2-6(3-5-7)13-14-8(15)9(10,11)12/h2-5,13H,1H3,(H,14,15). The van der Waals surface area contributed by atoms with Crippen molar-refractivity contribution in [3.05, 3.63) is 24.3 Å². The molecule has 1 rings (SSSR count). The largest absolute Gasteiger partial charge is 0.497 e. The predicted molar refractivity (Wildman–Crippen MR) is 65.0 cm³/mol. The van der Waals surface area contributed by atoms with Crippen LogP contribution < -0.4 is 15.6 Å². The van der Waals surface area contributed by atoms with E-state index in [9.17, 15) is 4.79 Å². The number of carbonyl (C=O) groups is 1. The molecule has 0 unspecified atom stereocenters. The van der Waals surface area contributed by atoms with E-state index in [1.54, 1.807) is 31.4 Å². The molecule has 0 aromatic heterocycles. The van der Waals surface area contributed by atoms with Crippen LogP contribution in [0.15, 0.2) is 24.3 Å². The highest BCUT2D eigenvalue weighted by Gasteiger charge is 2.30. The van der Waals surface area contributed by atoms with Gasteiger partial charge in [0, 0.05) is 0 Å². The average molecular weight is 284 g/mol. The molecule has 1 aromatic rings. The molecule has 0 bridgehead atoms. The third-order valence-corrected chi connectivity index (χ3v) is 2.18. The summed E-state index contributed by atoms with van der Waals surface area (Å²) in [6.45, 7) is 0. The molecular formula is C9H9Cl3N2O2. The molecule has 0 aliphatic rings. The molecule has 4 nitrogen and oxygen atoms in total. The lowest BCUT2D eigenvalue weighted by Crippen LogP contribution is -2.38. The summed E-state index contributed by atoms with van der Waals surface area (Å²) < 4.78 is 2.98. The van der Waals surface area contributed by atoms with Crippen LogP contribution >= 0.6 is 34.8 Å². The fourth-order valence-electron chi connectivity index (χ4n) is 0.874. The number of amides is 1. The van der Waals surface area contributed by atoms with Gasteiger partial charge in [-0.15, -0.1) is 0 Å². The van der Waals surface area contributed by atoms with Crippen LogP contribution in [0.2, 0.25) is 0 Å². The fraction of sp³-hybridized carbons (Fsp3) is 0.222. The molecule has 0 aliphatic carbocycles. The molecule has 0 saturated heterocycles. The highest BCUT2D eigenvalue weighted by molar-refractivity contribution is 6.76. The maximum atomic E-state index is 11.2. The van der Waals surface area contributed by atoms with Gasteiger partial charge in [0.2, 0.25) is 0 Å². The van der Waals surface area contributed by atoms with Crippen molar-refractivity contribution in [3.8, 4) is 5.75 Å². The molecule has 0 spiro atoms. The Morgan fingerprint density at radius 3 is 2.25 bits per heavy atom. The lowest BCUT2D eigenvalue weighted by atomic mass is 10.3. The van der Waals surface area contributed by atoms with Gasteiger partial charge in [-0.3, -0.25) is 15.6 Å². The number of hydrogen-bond acceptors (Lipinski definition) is 3. The van der Waals surface area contributed by atoms with Crippen molar-refractivity contribution in [2.24, 2.45) is 0 Å². The quantitative estimate of drug-likeness (QED) is 0.662. The minimum absolute atomic E-state index is 0.642. The van der Waals surface area contributed by atoms with E-state index in [4.69, 9.17) is 39.5 Å². The Morgan fingerprint density at radius 2 is 1.81 bits per heavy atom. The van der Waals surface area contributed by atoms with Gasteiger partial charge in [-0.1, -0.05) is 34.8 Å². The summed E-state index contributed by atoms with van der Waals surface area (Å²) in [6, 6.07) is 6.86. The van der Waals surface area contributed by atoms with Crippen LogP contribution in [-0.2, 0) is 4.79 Å². The SMILES string of the molecule is COc1ccc(NNC(=O)C(Cl)(Cl)Cl)cc1. The molecular weight excluding hydrogens is 274 g/mol. The van der Waals surface area contributed by atoms with Crippen LogP contribution in [0.4, 0.5) is 5.69 Å². The molecule has 0 radical (unpaired) electrons. The number of benzene rings is 1. The Bertz CT molecular complexity index is 362. The Labute approximate surface area is 108 Å². The number of ether oxygens (including phenoxy) is 1. The number of hydrazine groups is 1. The van der Waals surface area contributed by atoms with Gasteiger partial charge >= 0.3 is 0 Å². The molecule has 16 heavy (non-hydrogen) atoms. The highest BCUT2D eigenvalue weighted by atomic mass is 35.6. The molecule has 0 saturated carbocycles. The van der Waals surface area contributed by atoms with Gasteiger partial charge < -0.3 is 4.74 Å². The first-order chi connectivity index (χ1) is 7.43. The third-order valence-electron chi connectivity index (χ3n) is 1.67. The van der Waals surface area contributed by atoms with E-state index in [2.05, 4.69) is 10.9 Å². The number of carbonyl (C=O) groups excluding carboxylic acids is 1. The molecule has 0 fully saturated rings. The van der Waals surface area contributed by atoms with Crippen LogP contribution in [0.25, 0.3) is 0 Å². The minimum Gasteiger partial charge on any atom is -0.497 e. The van der Waals surface area contributed by atoms with Gasteiger partial charge in [0.25, 0.3) is 9.70 Å². The Morgan fingerprint density at radius 1 is 1.25 bits per heavy atom. The molecule has 0 aliphatic heterocycles. The van der Waals surface area contributed by atoms with E-state index in [1.165, 1.54) is 0 Å². The Balaban J connectivity index is 2.52. The van der Waals surface area contributed by atoms with Gasteiger partial charge in [-0.25, -0.2) is 0 Å². The van der Waals surface area contributed by atoms with Crippen LogP contribution in [0.5, 0.6) is 5.75 Å². The van der Waals surface area contributed by atoms with Gasteiger partial charge in [0.05, 0.1) is 12.8 Å². The van der Waals surface area contributed by atoms with Crippen molar-refractivity contribution >= 4 is 46.4 Å². The first-order valence-corrected chi connectivity index (χ1v) is 5.34. The summed E-state index contributed by atoms with van der Waals surface area (Å²) in [5.41, 5.74) is 5.49. The van der Waals surface area contributed by atoms with Gasteiger partial charge in [-0.05, 0) is 24.3 Å². The third kappa shape index (κ3) is 3.96. The molecule has 0 heterocycles. The topological polar surface area (TPSA) is 50.4 Å². The second-order valence-electron chi connectivity index (χ2n) is 2.81. The number of rotatable bonds is 3. The second kappa shape index (κ2) is 5.48. The smallest absolute Gasteiger partial charge is 0.290 e. The van der Waals surface area contributed by atoms with E-state index in [1.807, 2.05) is 0 Å². The lowest BCUT2D eigenvalue weighted by molar-refractivity contribution is -0.119. The Kier molecular flexibility index (Phi) is 4.53. The van der Waals surface area contributed by atoms with Crippen molar-refractivity contribution in [2.75, 3.05) is 12.5 Å². The lowest BCUT2D eigenvalue weighted by Gasteiger charge is -2.13. The summed E-state index contributed by atoms with van der Waals surface area (Å²) in [4.78, 5) is 11.2. The van der Waals surface area contributed by atoms with Crippen LogP contribution in [0, 0.1) is 0 Å². The van der Waals surface area contributed by atoms with Gasteiger partial charge in [0.1, 0.15) is 5.75 Å². The zero-order valence-corrected chi connectivity index (χ0v) is 10.5. The van der Waals surface area contributed by atoms with E-state index < -0.39 is 9.70 Å². The summed E-state index contributed by atoms with van der Waals surface area (Å²) in [5, 5.41) is 0. The number of alkyl halides is 3. The summed E-state index contributed by atoms with van der Waals surface area (Å²) in [7, 11) is 1.56. The van der Waals surface area contributed by atoms with E-state index in [0.717, 1.165) is 0 Å². The van der Waals surface area contributed by atoms with E-state index in [-0.39, 0.29) is 0 Å². The molecule has 2 N–H and O–H groups in total. The van der Waals surface area contributed by atoms with Crippen molar-refractivity contribution < 1.29 is 9.53 Å². The van der Waals surface area contributed by atoms with Crippen LogP contribution in [-0.4, -0.2) is 16.8 Å². The van der Waals surface area contributed by atoms with Crippen molar-refractivity contribution in [3.63, 3.8) is 0 Å². The van der Waals surface area contributed by atoms with E-state index in [0.29, 0.717) is 11.4 Å². The fourth-order valence-corrected chi connectivity index (χ4v) is 1.02. The zero-order chi connectivity index (χ0) is 12.2. The number of methoxy groups -OCH3 is 1. The molecule has 7 heteroatoms. The van der Waals surface area contributed by atoms with Crippen molar-refractivity contribution in [1.82, 2.24) is 5.43 Å². The zero-order valence-electron chi connectivity index (χ0n) is 8.26. The first-order valence-electron chi connectivity index (χ1n) is 4.20. The van der Waals surface area contributed by atoms with Crippen LogP contribution in [0.1, 0.15) is 0 Å². The predicted octanol–water partition coefficient (Wildman–Crippen LogP) is 2.51. The van der Waals surface area contributed by atoms with E-state index >= 15 is 0 Å². The average Bonchev–Trinajstić information content (AvgIpc) is 2.25. The maximum Gasteiger partial charge on any atom is 0.290 e. The van der Waals surface area contributed by atoms with Gasteiger partial charge in [0.15, 0.2) is 0 Å². The first kappa shape index (κ1) is 13.2. The molecule has 1 amide bonds. The monoisotopic (exact) mass is 282 g/mol. The molecule has 0 atom stereocenters. The highest BCUT2D eigenvalue weighted by Crippen LogP contribution is 2.25. The summed E-state index contributed by atoms with van der Waals surface area (Å²) in [6.07, 6.45) is 0. The number of nitrogens with one attached hydrogen (secondary N) is 2. The Hall–Kier alpha value is -0.840. The maximum absolute atomic E-state index is 11.2. The number of hydrogen-bond donors (Lipinski definition) is 2. The van der Waals surface area contributed by atoms with Gasteiger partial charge in [-0.2, -0.15) is 0 Å². The van der Waals surface area contributed by atoms with Crippen molar-refractivity contribution in [1.29, 1.82) is 0 Å². The number of anilines is 1.